The molecule has 68 valence electrons. The molecular weight excluding hydrogens is 171 g/mol. The SMILES string of the molecule is C#CC1CC(C)P(=O)(OC)C1C. The molecule has 0 N–H and O–H groups in total. The van der Waals surface area contributed by atoms with Crippen molar-refractivity contribution in [3.05, 3.63) is 0 Å². The molecule has 0 bridgehead atoms. The standard InChI is InChI=1S/C9H15O2P/c1-5-9-6-7(2)12(10,11-4)8(9)3/h1,7-9H,6H2,2-4H3. The van der Waals surface area contributed by atoms with Crippen LogP contribution < -0.4 is 0 Å². The van der Waals surface area contributed by atoms with Gasteiger partial charge in [0.05, 0.1) is 0 Å². The highest BCUT2D eigenvalue weighted by atomic mass is 31.2. The van der Waals surface area contributed by atoms with Crippen LogP contribution in [0.4, 0.5) is 0 Å². The fourth-order valence-corrected chi connectivity index (χ4v) is 4.64. The molecule has 1 heterocycles. The largest absolute Gasteiger partial charge is 0.331 e. The summed E-state index contributed by atoms with van der Waals surface area (Å²) in [5.74, 6) is 2.81. The third kappa shape index (κ3) is 1.22. The van der Waals surface area contributed by atoms with Gasteiger partial charge in [0.2, 0.25) is 7.37 Å². The topological polar surface area (TPSA) is 26.3 Å². The molecule has 0 radical (unpaired) electrons. The first-order chi connectivity index (χ1) is 5.56. The van der Waals surface area contributed by atoms with E-state index in [-0.39, 0.29) is 17.2 Å². The Balaban J connectivity index is 2.93. The van der Waals surface area contributed by atoms with E-state index in [9.17, 15) is 4.57 Å². The smallest absolute Gasteiger partial charge is 0.209 e. The summed E-state index contributed by atoms with van der Waals surface area (Å²) < 4.78 is 17.2. The van der Waals surface area contributed by atoms with Crippen LogP contribution in [0, 0.1) is 18.3 Å². The van der Waals surface area contributed by atoms with Gasteiger partial charge in [0.15, 0.2) is 0 Å². The Morgan fingerprint density at radius 2 is 2.17 bits per heavy atom. The van der Waals surface area contributed by atoms with Gasteiger partial charge < -0.3 is 4.52 Å². The molecule has 1 aliphatic rings. The molecule has 1 aliphatic heterocycles. The molecule has 2 nitrogen and oxygen atoms in total. The summed E-state index contributed by atoms with van der Waals surface area (Å²) >= 11 is 0. The molecule has 1 rings (SSSR count). The minimum Gasteiger partial charge on any atom is -0.331 e. The lowest BCUT2D eigenvalue weighted by molar-refractivity contribution is 0.384. The van der Waals surface area contributed by atoms with Crippen molar-refractivity contribution in [3.8, 4) is 12.3 Å². The molecule has 4 unspecified atom stereocenters. The number of hydrogen-bond donors (Lipinski definition) is 0. The molecule has 0 amide bonds. The Labute approximate surface area is 74.1 Å². The third-order valence-corrected chi connectivity index (χ3v) is 6.36. The van der Waals surface area contributed by atoms with Gasteiger partial charge in [0, 0.05) is 24.3 Å². The summed E-state index contributed by atoms with van der Waals surface area (Å²) in [6, 6.07) is 0. The van der Waals surface area contributed by atoms with Crippen LogP contribution in [0.2, 0.25) is 0 Å². The quantitative estimate of drug-likeness (QED) is 0.464. The molecule has 3 heteroatoms. The van der Waals surface area contributed by atoms with E-state index in [0.29, 0.717) is 0 Å². The normalized spacial score (nSPS) is 47.3. The monoisotopic (exact) mass is 186 g/mol. The van der Waals surface area contributed by atoms with Crippen molar-refractivity contribution in [2.24, 2.45) is 5.92 Å². The summed E-state index contributed by atoms with van der Waals surface area (Å²) in [5.41, 5.74) is 0.154. The fraction of sp³-hybridized carbons (Fsp3) is 0.778. The van der Waals surface area contributed by atoms with Crippen molar-refractivity contribution < 1.29 is 9.09 Å². The first-order valence-corrected chi connectivity index (χ1v) is 5.93. The Morgan fingerprint density at radius 1 is 1.58 bits per heavy atom. The molecule has 4 atom stereocenters. The Hall–Kier alpha value is -0.250. The second-order valence-electron chi connectivity index (χ2n) is 3.43. The van der Waals surface area contributed by atoms with Gasteiger partial charge in [-0.15, -0.1) is 12.3 Å². The van der Waals surface area contributed by atoms with E-state index in [1.54, 1.807) is 0 Å². The van der Waals surface area contributed by atoms with Crippen molar-refractivity contribution in [2.45, 2.75) is 31.6 Å². The van der Waals surface area contributed by atoms with Crippen LogP contribution in [0.5, 0.6) is 0 Å². The molecule has 0 aromatic heterocycles. The highest BCUT2D eigenvalue weighted by molar-refractivity contribution is 7.60. The van der Waals surface area contributed by atoms with Gasteiger partial charge in [-0.3, -0.25) is 4.57 Å². The summed E-state index contributed by atoms with van der Waals surface area (Å²) in [4.78, 5) is 0. The Morgan fingerprint density at radius 3 is 2.42 bits per heavy atom. The van der Waals surface area contributed by atoms with E-state index < -0.39 is 7.37 Å². The summed E-state index contributed by atoms with van der Waals surface area (Å²) in [6.45, 7) is 3.89. The van der Waals surface area contributed by atoms with E-state index in [0.717, 1.165) is 6.42 Å². The van der Waals surface area contributed by atoms with Gasteiger partial charge in [-0.05, 0) is 6.42 Å². The molecule has 1 saturated heterocycles. The van der Waals surface area contributed by atoms with E-state index in [2.05, 4.69) is 5.92 Å². The molecule has 0 aliphatic carbocycles. The lowest BCUT2D eigenvalue weighted by Gasteiger charge is -2.19. The molecule has 12 heavy (non-hydrogen) atoms. The van der Waals surface area contributed by atoms with Crippen LogP contribution in [0.15, 0.2) is 0 Å². The zero-order chi connectivity index (χ0) is 9.35. The Kier molecular flexibility index (Phi) is 2.66. The van der Waals surface area contributed by atoms with Gasteiger partial charge in [-0.1, -0.05) is 13.8 Å². The zero-order valence-corrected chi connectivity index (χ0v) is 8.67. The molecular formula is C9H15O2P. The van der Waals surface area contributed by atoms with E-state index in [1.165, 1.54) is 7.11 Å². The van der Waals surface area contributed by atoms with E-state index in [1.807, 2.05) is 13.8 Å². The zero-order valence-electron chi connectivity index (χ0n) is 7.78. The lowest BCUT2D eigenvalue weighted by Crippen LogP contribution is -2.08. The average molecular weight is 186 g/mol. The fourth-order valence-electron chi connectivity index (χ4n) is 1.92. The van der Waals surface area contributed by atoms with Crippen molar-refractivity contribution in [2.75, 3.05) is 7.11 Å². The Bertz CT molecular complexity index is 254. The van der Waals surface area contributed by atoms with Crippen LogP contribution in [0.1, 0.15) is 20.3 Å². The number of rotatable bonds is 1. The van der Waals surface area contributed by atoms with Crippen LogP contribution >= 0.6 is 7.37 Å². The van der Waals surface area contributed by atoms with Gasteiger partial charge in [0.1, 0.15) is 0 Å². The minimum atomic E-state index is -2.45. The van der Waals surface area contributed by atoms with Crippen LogP contribution in [0.25, 0.3) is 0 Å². The first-order valence-electron chi connectivity index (χ1n) is 4.17. The maximum atomic E-state index is 12.1. The van der Waals surface area contributed by atoms with Gasteiger partial charge in [0.25, 0.3) is 0 Å². The van der Waals surface area contributed by atoms with Gasteiger partial charge in [-0.25, -0.2) is 0 Å². The van der Waals surface area contributed by atoms with Crippen LogP contribution in [-0.4, -0.2) is 18.4 Å². The van der Waals surface area contributed by atoms with Crippen molar-refractivity contribution in [3.63, 3.8) is 0 Å². The highest BCUT2D eigenvalue weighted by Crippen LogP contribution is 2.64. The molecule has 0 aromatic carbocycles. The predicted octanol–water partition coefficient (Wildman–Crippen LogP) is 2.34. The second kappa shape index (κ2) is 3.24. The minimum absolute atomic E-state index is 0.0301. The predicted molar refractivity (Wildman–Crippen MR) is 50.5 cm³/mol. The molecule has 0 spiro atoms. The van der Waals surface area contributed by atoms with E-state index in [4.69, 9.17) is 10.9 Å². The van der Waals surface area contributed by atoms with Crippen LogP contribution in [0.3, 0.4) is 0 Å². The summed E-state index contributed by atoms with van der Waals surface area (Å²) in [5, 5.41) is 0. The van der Waals surface area contributed by atoms with Crippen molar-refractivity contribution in [1.82, 2.24) is 0 Å². The van der Waals surface area contributed by atoms with Crippen molar-refractivity contribution in [1.29, 1.82) is 0 Å². The van der Waals surface area contributed by atoms with Crippen LogP contribution in [-0.2, 0) is 9.09 Å². The summed E-state index contributed by atoms with van der Waals surface area (Å²) in [6.07, 6.45) is 6.17. The second-order valence-corrected chi connectivity index (χ2v) is 6.78. The molecule has 0 aromatic rings. The van der Waals surface area contributed by atoms with Crippen molar-refractivity contribution >= 4 is 7.37 Å². The highest BCUT2D eigenvalue weighted by Gasteiger charge is 2.47. The van der Waals surface area contributed by atoms with Gasteiger partial charge >= 0.3 is 0 Å². The molecule has 1 fully saturated rings. The summed E-state index contributed by atoms with van der Waals surface area (Å²) in [7, 11) is -0.928. The maximum Gasteiger partial charge on any atom is 0.209 e. The number of terminal acetylenes is 1. The van der Waals surface area contributed by atoms with Gasteiger partial charge in [-0.2, -0.15) is 0 Å². The third-order valence-electron chi connectivity index (χ3n) is 2.86. The molecule has 0 saturated carbocycles. The van der Waals surface area contributed by atoms with E-state index >= 15 is 0 Å². The number of hydrogen-bond acceptors (Lipinski definition) is 2. The maximum absolute atomic E-state index is 12.1. The lowest BCUT2D eigenvalue weighted by atomic mass is 10.0. The first kappa shape index (κ1) is 9.84. The average Bonchev–Trinajstić information content (AvgIpc) is 2.30.